The number of ether oxygens (including phenoxy) is 1. The Morgan fingerprint density at radius 3 is 2.74 bits per heavy atom. The highest BCUT2D eigenvalue weighted by molar-refractivity contribution is 9.10. The van der Waals surface area contributed by atoms with E-state index in [1.807, 2.05) is 12.1 Å². The summed E-state index contributed by atoms with van der Waals surface area (Å²) < 4.78 is 6.35. The van der Waals surface area contributed by atoms with Crippen molar-refractivity contribution in [2.45, 2.75) is 18.4 Å². The van der Waals surface area contributed by atoms with Crippen molar-refractivity contribution < 1.29 is 19.1 Å². The zero-order valence-electron chi connectivity index (χ0n) is 14.4. The van der Waals surface area contributed by atoms with Crippen LogP contribution in [0.3, 0.4) is 0 Å². The number of benzene rings is 2. The molecule has 2 atom stereocenters. The highest BCUT2D eigenvalue weighted by atomic mass is 79.9. The second-order valence-electron chi connectivity index (χ2n) is 6.58. The summed E-state index contributed by atoms with van der Waals surface area (Å²) in [5.41, 5.74) is 2.55. The Balaban J connectivity index is 1.56. The Bertz CT molecular complexity index is 949. The summed E-state index contributed by atoms with van der Waals surface area (Å²) in [6.45, 7) is 1.76. The molecule has 4 amide bonds. The highest BCUT2D eigenvalue weighted by Gasteiger charge is 2.50. The lowest BCUT2D eigenvalue weighted by molar-refractivity contribution is -0.139. The monoisotopic (exact) mass is 429 g/mol. The second-order valence-corrected chi connectivity index (χ2v) is 7.50. The minimum absolute atomic E-state index is 0.150. The number of halogens is 1. The van der Waals surface area contributed by atoms with Gasteiger partial charge in [0, 0.05) is 10.0 Å². The summed E-state index contributed by atoms with van der Waals surface area (Å²) >= 11 is 3.37. The molecule has 7 nitrogen and oxygen atoms in total. The van der Waals surface area contributed by atoms with Gasteiger partial charge in [0.15, 0.2) is 0 Å². The van der Waals surface area contributed by atoms with Gasteiger partial charge in [0.2, 0.25) is 5.91 Å². The second kappa shape index (κ2) is 6.38. The van der Waals surface area contributed by atoms with E-state index in [1.165, 1.54) is 0 Å². The fourth-order valence-corrected chi connectivity index (χ4v) is 3.68. The Morgan fingerprint density at radius 1 is 1.26 bits per heavy atom. The number of hydrogen-bond acceptors (Lipinski definition) is 4. The standard InChI is InChI=1S/C19H16BrN3O4/c1-19(11-5-3-2-4-6-11)17(25)23(18(26)21-19)22-16(24)14-10-27-15-8-7-12(20)9-13(14)15/h2-9,14H,10H2,1H3,(H,21,26)(H,22,24)/t14-,19+/m1/s1. The minimum Gasteiger partial charge on any atom is -0.492 e. The molecular formula is C19H16BrN3O4. The quantitative estimate of drug-likeness (QED) is 0.733. The molecule has 8 heteroatoms. The van der Waals surface area contributed by atoms with Crippen molar-refractivity contribution in [2.24, 2.45) is 0 Å². The molecule has 2 N–H and O–H groups in total. The molecule has 2 aromatic carbocycles. The molecular weight excluding hydrogens is 414 g/mol. The van der Waals surface area contributed by atoms with E-state index in [9.17, 15) is 14.4 Å². The number of hydrazine groups is 1. The third kappa shape index (κ3) is 2.86. The van der Waals surface area contributed by atoms with Gasteiger partial charge in [0.25, 0.3) is 5.91 Å². The van der Waals surface area contributed by atoms with Crippen LogP contribution in [0.25, 0.3) is 0 Å². The van der Waals surface area contributed by atoms with Gasteiger partial charge >= 0.3 is 6.03 Å². The van der Waals surface area contributed by atoms with Crippen LogP contribution in [0, 0.1) is 0 Å². The van der Waals surface area contributed by atoms with Crippen LogP contribution in [-0.4, -0.2) is 29.5 Å². The number of nitrogens with one attached hydrogen (secondary N) is 2. The molecule has 2 aromatic rings. The molecule has 0 bridgehead atoms. The minimum atomic E-state index is -1.24. The van der Waals surface area contributed by atoms with Crippen molar-refractivity contribution >= 4 is 33.8 Å². The molecule has 0 aromatic heterocycles. The first-order chi connectivity index (χ1) is 12.9. The third-order valence-corrected chi connectivity index (χ3v) is 5.33. The van der Waals surface area contributed by atoms with Crippen molar-refractivity contribution in [1.82, 2.24) is 15.8 Å². The van der Waals surface area contributed by atoms with Crippen LogP contribution < -0.4 is 15.5 Å². The summed E-state index contributed by atoms with van der Waals surface area (Å²) in [5, 5.41) is 3.40. The van der Waals surface area contributed by atoms with E-state index in [0.29, 0.717) is 16.9 Å². The molecule has 0 radical (unpaired) electrons. The van der Waals surface area contributed by atoms with E-state index in [-0.39, 0.29) is 6.61 Å². The predicted molar refractivity (Wildman–Crippen MR) is 99.7 cm³/mol. The summed E-state index contributed by atoms with van der Waals surface area (Å²) in [6, 6.07) is 13.6. The molecule has 138 valence electrons. The average molecular weight is 430 g/mol. The van der Waals surface area contributed by atoms with Crippen LogP contribution >= 0.6 is 15.9 Å². The van der Waals surface area contributed by atoms with Crippen LogP contribution in [0.15, 0.2) is 53.0 Å². The van der Waals surface area contributed by atoms with Gasteiger partial charge in [-0.3, -0.25) is 15.0 Å². The molecule has 2 aliphatic rings. The van der Waals surface area contributed by atoms with Crippen LogP contribution in [0.2, 0.25) is 0 Å². The van der Waals surface area contributed by atoms with Gasteiger partial charge in [-0.1, -0.05) is 46.3 Å². The first-order valence-electron chi connectivity index (χ1n) is 8.35. The molecule has 0 spiro atoms. The lowest BCUT2D eigenvalue weighted by atomic mass is 9.92. The third-order valence-electron chi connectivity index (χ3n) is 4.83. The molecule has 0 saturated carbocycles. The van der Waals surface area contributed by atoms with Gasteiger partial charge in [-0.25, -0.2) is 4.79 Å². The van der Waals surface area contributed by atoms with E-state index in [1.54, 1.807) is 43.3 Å². The maximum Gasteiger partial charge on any atom is 0.344 e. The SMILES string of the molecule is C[C@@]1(c2ccccc2)NC(=O)N(NC(=O)[C@@H]2COc3ccc(Br)cc32)C1=O. The van der Waals surface area contributed by atoms with Crippen LogP contribution in [0.5, 0.6) is 5.75 Å². The molecule has 0 unspecified atom stereocenters. The van der Waals surface area contributed by atoms with Gasteiger partial charge in [0.05, 0.1) is 0 Å². The Kier molecular flexibility index (Phi) is 4.15. The Morgan fingerprint density at radius 2 is 2.00 bits per heavy atom. The van der Waals surface area contributed by atoms with E-state index >= 15 is 0 Å². The Hall–Kier alpha value is -2.87. The fourth-order valence-electron chi connectivity index (χ4n) is 3.30. The number of amides is 4. The highest BCUT2D eigenvalue weighted by Crippen LogP contribution is 2.36. The van der Waals surface area contributed by atoms with Gasteiger partial charge in [-0.2, -0.15) is 5.01 Å². The number of urea groups is 1. The number of carbonyl (C=O) groups excluding carboxylic acids is 3. The number of nitrogens with zero attached hydrogens (tertiary/aromatic N) is 1. The van der Waals surface area contributed by atoms with Crippen molar-refractivity contribution in [3.8, 4) is 5.75 Å². The lowest BCUT2D eigenvalue weighted by Gasteiger charge is -2.22. The molecule has 2 heterocycles. The molecule has 2 aliphatic heterocycles. The number of fused-ring (bicyclic) bond motifs is 1. The van der Waals surface area contributed by atoms with E-state index in [0.717, 1.165) is 9.48 Å². The van der Waals surface area contributed by atoms with E-state index < -0.39 is 29.3 Å². The van der Waals surface area contributed by atoms with Crippen LogP contribution in [0.4, 0.5) is 4.79 Å². The molecule has 0 aliphatic carbocycles. The van der Waals surface area contributed by atoms with Crippen molar-refractivity contribution in [2.75, 3.05) is 6.61 Å². The van der Waals surface area contributed by atoms with Gasteiger partial charge < -0.3 is 10.1 Å². The molecule has 27 heavy (non-hydrogen) atoms. The van der Waals surface area contributed by atoms with Gasteiger partial charge in [0.1, 0.15) is 23.8 Å². The van der Waals surface area contributed by atoms with E-state index in [2.05, 4.69) is 26.7 Å². The predicted octanol–water partition coefficient (Wildman–Crippen LogP) is 2.42. The van der Waals surface area contributed by atoms with Gasteiger partial charge in [-0.05, 0) is 30.7 Å². The smallest absolute Gasteiger partial charge is 0.344 e. The normalized spacial score (nSPS) is 23.6. The summed E-state index contributed by atoms with van der Waals surface area (Å²) in [4.78, 5) is 38.0. The lowest BCUT2D eigenvalue weighted by Crippen LogP contribution is -2.49. The zero-order valence-corrected chi connectivity index (χ0v) is 15.9. The van der Waals surface area contributed by atoms with Gasteiger partial charge in [-0.15, -0.1) is 0 Å². The number of hydrogen-bond donors (Lipinski definition) is 2. The number of imide groups is 1. The maximum absolute atomic E-state index is 12.9. The van der Waals surface area contributed by atoms with Crippen molar-refractivity contribution in [3.63, 3.8) is 0 Å². The summed E-state index contributed by atoms with van der Waals surface area (Å²) in [7, 11) is 0. The average Bonchev–Trinajstić information content (AvgIpc) is 3.17. The first-order valence-corrected chi connectivity index (χ1v) is 9.14. The number of rotatable bonds is 3. The van der Waals surface area contributed by atoms with Crippen molar-refractivity contribution in [1.29, 1.82) is 0 Å². The molecule has 1 saturated heterocycles. The fraction of sp³-hybridized carbons (Fsp3) is 0.211. The molecule has 4 rings (SSSR count). The first kappa shape index (κ1) is 17.5. The zero-order chi connectivity index (χ0) is 19.2. The maximum atomic E-state index is 12.9. The van der Waals surface area contributed by atoms with Crippen LogP contribution in [-0.2, 0) is 15.1 Å². The topological polar surface area (TPSA) is 87.7 Å². The number of carbonyl (C=O) groups is 3. The summed E-state index contributed by atoms with van der Waals surface area (Å²) in [5.74, 6) is -1.01. The Labute approximate surface area is 163 Å². The summed E-state index contributed by atoms with van der Waals surface area (Å²) in [6.07, 6.45) is 0. The molecule has 1 fully saturated rings. The van der Waals surface area contributed by atoms with Crippen LogP contribution in [0.1, 0.15) is 24.0 Å². The largest absolute Gasteiger partial charge is 0.492 e. The van der Waals surface area contributed by atoms with E-state index in [4.69, 9.17) is 4.74 Å². The van der Waals surface area contributed by atoms with Crippen molar-refractivity contribution in [3.05, 3.63) is 64.1 Å².